The van der Waals surface area contributed by atoms with Gasteiger partial charge in [0, 0.05) is 23.2 Å². The number of nitrogens with zero attached hydrogens (tertiary/aromatic N) is 1. The monoisotopic (exact) mass is 346 g/mol. The zero-order chi connectivity index (χ0) is 18.1. The van der Waals surface area contributed by atoms with Crippen molar-refractivity contribution in [2.24, 2.45) is 0 Å². The van der Waals surface area contributed by atoms with Crippen LogP contribution in [0.3, 0.4) is 0 Å². The molecule has 0 aliphatic rings. The maximum atomic E-state index is 13.6. The summed E-state index contributed by atoms with van der Waals surface area (Å²) in [4.78, 5) is 28.4. The number of amides is 1. The minimum Gasteiger partial charge on any atom is -0.420 e. The summed E-state index contributed by atoms with van der Waals surface area (Å²) >= 11 is 0. The molecule has 1 amide bonds. The third kappa shape index (κ3) is 3.11. The first kappa shape index (κ1) is 16.7. The van der Waals surface area contributed by atoms with E-state index in [4.69, 9.17) is 4.42 Å². The molecule has 0 aliphatic carbocycles. The number of halogens is 2. The summed E-state index contributed by atoms with van der Waals surface area (Å²) in [5.74, 6) is -2.55. The van der Waals surface area contributed by atoms with Crippen molar-refractivity contribution in [3.05, 3.63) is 69.3 Å². The lowest BCUT2D eigenvalue weighted by molar-refractivity contribution is 0.102. The Kier molecular flexibility index (Phi) is 4.28. The predicted octanol–water partition coefficient (Wildman–Crippen LogP) is 2.52. The third-order valence-electron chi connectivity index (χ3n) is 3.63. The van der Waals surface area contributed by atoms with E-state index in [-0.39, 0.29) is 12.2 Å². The van der Waals surface area contributed by atoms with Crippen LogP contribution >= 0.6 is 0 Å². The van der Waals surface area contributed by atoms with Gasteiger partial charge in [0.25, 0.3) is 5.91 Å². The van der Waals surface area contributed by atoms with E-state index in [2.05, 4.69) is 10.3 Å². The van der Waals surface area contributed by atoms with E-state index in [1.165, 1.54) is 12.3 Å². The van der Waals surface area contributed by atoms with Crippen molar-refractivity contribution in [3.63, 3.8) is 0 Å². The Balaban J connectivity index is 2.09. The molecular formula is C17H12F2N2O4. The number of aliphatic hydroxyl groups excluding tert-OH is 1. The molecule has 128 valence electrons. The zero-order valence-corrected chi connectivity index (χ0v) is 13.0. The Labute approximate surface area is 139 Å². The zero-order valence-electron chi connectivity index (χ0n) is 13.0. The lowest BCUT2D eigenvalue weighted by atomic mass is 10.1. The van der Waals surface area contributed by atoms with Gasteiger partial charge in [0.15, 0.2) is 5.58 Å². The number of benzene rings is 1. The van der Waals surface area contributed by atoms with Gasteiger partial charge in [-0.1, -0.05) is 0 Å². The normalized spacial score (nSPS) is 10.9. The molecule has 0 spiro atoms. The van der Waals surface area contributed by atoms with Crippen LogP contribution in [-0.2, 0) is 6.61 Å². The van der Waals surface area contributed by atoms with Crippen LogP contribution in [0.2, 0.25) is 0 Å². The molecular weight excluding hydrogens is 334 g/mol. The first-order chi connectivity index (χ1) is 11.9. The highest BCUT2D eigenvalue weighted by Gasteiger charge is 2.18. The number of fused-ring (bicyclic) bond motifs is 1. The maximum Gasteiger partial charge on any atom is 0.349 e. The highest BCUT2D eigenvalue weighted by atomic mass is 19.1. The first-order valence-corrected chi connectivity index (χ1v) is 7.20. The van der Waals surface area contributed by atoms with Gasteiger partial charge in [-0.05, 0) is 25.1 Å². The molecule has 0 aliphatic heterocycles. The minimum atomic E-state index is -0.960. The topological polar surface area (TPSA) is 92.4 Å². The quantitative estimate of drug-likeness (QED) is 0.760. The van der Waals surface area contributed by atoms with Crippen molar-refractivity contribution in [3.8, 4) is 0 Å². The van der Waals surface area contributed by atoms with Crippen LogP contribution in [0, 0.1) is 18.6 Å². The van der Waals surface area contributed by atoms with Gasteiger partial charge in [-0.3, -0.25) is 9.78 Å². The van der Waals surface area contributed by atoms with Crippen LogP contribution in [0.1, 0.15) is 21.6 Å². The number of aromatic nitrogens is 1. The van der Waals surface area contributed by atoms with Gasteiger partial charge in [0.05, 0.1) is 18.0 Å². The number of pyridine rings is 1. The van der Waals surface area contributed by atoms with Gasteiger partial charge < -0.3 is 14.8 Å². The summed E-state index contributed by atoms with van der Waals surface area (Å²) in [6, 6.07) is 3.78. The fourth-order valence-corrected chi connectivity index (χ4v) is 2.35. The van der Waals surface area contributed by atoms with Crippen LogP contribution in [-0.4, -0.2) is 16.0 Å². The second-order valence-electron chi connectivity index (χ2n) is 5.30. The Morgan fingerprint density at radius 1 is 1.32 bits per heavy atom. The highest BCUT2D eigenvalue weighted by Crippen LogP contribution is 2.21. The van der Waals surface area contributed by atoms with Gasteiger partial charge in [-0.25, -0.2) is 13.6 Å². The van der Waals surface area contributed by atoms with Gasteiger partial charge in [-0.15, -0.1) is 0 Å². The summed E-state index contributed by atoms with van der Waals surface area (Å²) < 4.78 is 32.0. The summed E-state index contributed by atoms with van der Waals surface area (Å²) in [5, 5.41) is 11.8. The molecule has 3 aromatic rings. The van der Waals surface area contributed by atoms with Gasteiger partial charge in [0.1, 0.15) is 17.2 Å². The molecule has 0 saturated heterocycles. The number of hydrogen-bond acceptors (Lipinski definition) is 5. The van der Waals surface area contributed by atoms with E-state index >= 15 is 0 Å². The van der Waals surface area contributed by atoms with Gasteiger partial charge in [0.2, 0.25) is 0 Å². The van der Waals surface area contributed by atoms with E-state index in [9.17, 15) is 23.5 Å². The van der Waals surface area contributed by atoms with Crippen LogP contribution in [0.15, 0.2) is 39.7 Å². The van der Waals surface area contributed by atoms with E-state index < -0.39 is 34.4 Å². The van der Waals surface area contributed by atoms with E-state index in [1.54, 1.807) is 6.92 Å². The standard InChI is InChI=1S/C17H12F2N2O4/c1-8-15-11(9(7-22)6-20-8)5-12(17(24)25-15)16(23)21-14-4-10(18)2-3-13(14)19/h2-6,22H,7H2,1H3,(H,21,23). The number of carbonyl (C=O) groups is 1. The third-order valence-corrected chi connectivity index (χ3v) is 3.63. The summed E-state index contributed by atoms with van der Waals surface area (Å²) in [7, 11) is 0. The number of nitrogens with one attached hydrogen (secondary N) is 1. The fraction of sp³-hybridized carbons (Fsp3) is 0.118. The van der Waals surface area contributed by atoms with E-state index in [0.29, 0.717) is 16.6 Å². The molecule has 2 aromatic heterocycles. The lowest BCUT2D eigenvalue weighted by Gasteiger charge is -2.08. The van der Waals surface area contributed by atoms with E-state index in [1.807, 2.05) is 0 Å². The molecule has 2 heterocycles. The average Bonchev–Trinajstić information content (AvgIpc) is 2.58. The first-order valence-electron chi connectivity index (χ1n) is 7.20. The van der Waals surface area contributed by atoms with Crippen LogP contribution in [0.4, 0.5) is 14.5 Å². The molecule has 0 unspecified atom stereocenters. The number of carbonyl (C=O) groups excluding carboxylic acids is 1. The fourth-order valence-electron chi connectivity index (χ4n) is 2.35. The summed E-state index contributed by atoms with van der Waals surface area (Å²) in [5.41, 5.74) is -0.858. The van der Waals surface area contributed by atoms with Crippen LogP contribution < -0.4 is 10.9 Å². The minimum absolute atomic E-state index is 0.144. The molecule has 6 nitrogen and oxygen atoms in total. The van der Waals surface area contributed by atoms with Crippen molar-refractivity contribution < 1.29 is 23.1 Å². The van der Waals surface area contributed by atoms with Crippen LogP contribution in [0.5, 0.6) is 0 Å². The van der Waals surface area contributed by atoms with Crippen molar-refractivity contribution in [2.75, 3.05) is 5.32 Å². The second-order valence-corrected chi connectivity index (χ2v) is 5.30. The van der Waals surface area contributed by atoms with Crippen molar-refractivity contribution in [1.29, 1.82) is 0 Å². The Hall–Kier alpha value is -3.13. The molecule has 0 bridgehead atoms. The molecule has 0 atom stereocenters. The summed E-state index contributed by atoms with van der Waals surface area (Å²) in [6.45, 7) is 1.23. The van der Waals surface area contributed by atoms with Crippen molar-refractivity contribution in [1.82, 2.24) is 4.98 Å². The average molecular weight is 346 g/mol. The number of anilines is 1. The van der Waals surface area contributed by atoms with E-state index in [0.717, 1.165) is 18.2 Å². The van der Waals surface area contributed by atoms with Gasteiger partial charge in [-0.2, -0.15) is 0 Å². The Bertz CT molecular complexity index is 1050. The number of aryl methyl sites for hydroxylation is 1. The SMILES string of the molecule is Cc1ncc(CO)c2cc(C(=O)Nc3cc(F)ccc3F)c(=O)oc12. The Morgan fingerprint density at radius 2 is 2.08 bits per heavy atom. The molecule has 2 N–H and O–H groups in total. The Morgan fingerprint density at radius 3 is 2.80 bits per heavy atom. The number of rotatable bonds is 3. The summed E-state index contributed by atoms with van der Waals surface area (Å²) in [6.07, 6.45) is 1.39. The molecule has 1 aromatic carbocycles. The molecule has 0 radical (unpaired) electrons. The number of aliphatic hydroxyl groups is 1. The molecule has 3 rings (SSSR count). The van der Waals surface area contributed by atoms with Crippen LogP contribution in [0.25, 0.3) is 11.0 Å². The lowest BCUT2D eigenvalue weighted by Crippen LogP contribution is -2.21. The highest BCUT2D eigenvalue weighted by molar-refractivity contribution is 6.05. The van der Waals surface area contributed by atoms with Crippen molar-refractivity contribution in [2.45, 2.75) is 13.5 Å². The molecule has 25 heavy (non-hydrogen) atoms. The molecule has 8 heteroatoms. The smallest absolute Gasteiger partial charge is 0.349 e. The van der Waals surface area contributed by atoms with Gasteiger partial charge >= 0.3 is 5.63 Å². The predicted molar refractivity (Wildman–Crippen MR) is 85.3 cm³/mol. The largest absolute Gasteiger partial charge is 0.420 e. The van der Waals surface area contributed by atoms with Crippen molar-refractivity contribution >= 4 is 22.6 Å². The molecule has 0 saturated carbocycles. The molecule has 0 fully saturated rings. The number of hydrogen-bond donors (Lipinski definition) is 2. The second kappa shape index (κ2) is 6.40. The maximum absolute atomic E-state index is 13.6.